The number of pyridine rings is 2. The third-order valence-corrected chi connectivity index (χ3v) is 10.8. The Kier molecular flexibility index (Phi) is 6.12. The molecule has 0 amide bonds. The van der Waals surface area contributed by atoms with Crippen molar-refractivity contribution in [2.24, 2.45) is 24.8 Å². The van der Waals surface area contributed by atoms with Crippen LogP contribution in [0.15, 0.2) is 66.0 Å². The molecule has 216 valence electrons. The molecule has 1 aromatic carbocycles. The van der Waals surface area contributed by atoms with Crippen molar-refractivity contribution in [2.75, 3.05) is 5.32 Å². The first-order valence-electron chi connectivity index (χ1n) is 14.1. The molecule has 4 aromatic heterocycles. The van der Waals surface area contributed by atoms with Crippen molar-refractivity contribution < 1.29 is 22.7 Å². The standard InChI is InChI=1S/C31H30FN5O4S/c1-17-3-9-21(10-4-17)42(40,41)37-16-24(23-13-20(32)15-33-30(23)37)25-14-26-22(11-12-36(26)2)29(34-25)35-28-19-7-5-18(6-8-19)27(28)31(38)39/h3-4,9-16,18-19,27-28H,5-8H2,1-2H3,(H,34,35)(H,38,39). The number of anilines is 1. The molecule has 5 aromatic rings. The molecule has 3 saturated carbocycles. The van der Waals surface area contributed by atoms with Gasteiger partial charge in [-0.15, -0.1) is 0 Å². The lowest BCUT2D eigenvalue weighted by atomic mass is 9.61. The van der Waals surface area contributed by atoms with Crippen molar-refractivity contribution in [3.63, 3.8) is 0 Å². The number of hydrogen-bond donors (Lipinski definition) is 2. The van der Waals surface area contributed by atoms with Gasteiger partial charge < -0.3 is 15.0 Å². The third kappa shape index (κ3) is 4.17. The minimum atomic E-state index is -4.06. The lowest BCUT2D eigenvalue weighted by molar-refractivity contribution is -0.148. The average molecular weight is 588 g/mol. The lowest BCUT2D eigenvalue weighted by Gasteiger charge is -2.47. The molecule has 0 spiro atoms. The Labute approximate surface area is 242 Å². The fourth-order valence-corrected chi connectivity index (χ4v) is 8.27. The fraction of sp³-hybridized carbons (Fsp3) is 0.323. The summed E-state index contributed by atoms with van der Waals surface area (Å²) in [7, 11) is -2.17. The molecule has 2 atom stereocenters. The Balaban J connectivity index is 1.40. The number of aryl methyl sites for hydroxylation is 2. The van der Waals surface area contributed by atoms with Crippen LogP contribution >= 0.6 is 0 Å². The number of fused-ring (bicyclic) bond motifs is 5. The summed E-state index contributed by atoms with van der Waals surface area (Å²) in [5.74, 6) is -1.04. The highest BCUT2D eigenvalue weighted by molar-refractivity contribution is 7.90. The fourth-order valence-electron chi connectivity index (χ4n) is 6.95. The van der Waals surface area contributed by atoms with E-state index in [1.165, 1.54) is 24.4 Å². The molecule has 2 unspecified atom stereocenters. The highest BCUT2D eigenvalue weighted by Gasteiger charge is 2.47. The molecular weight excluding hydrogens is 557 g/mol. The quantitative estimate of drug-likeness (QED) is 0.266. The van der Waals surface area contributed by atoms with Gasteiger partial charge in [-0.05, 0) is 74.8 Å². The molecule has 4 heterocycles. The summed E-state index contributed by atoms with van der Waals surface area (Å²) in [6.45, 7) is 1.87. The van der Waals surface area contributed by atoms with Crippen molar-refractivity contribution in [1.82, 2.24) is 18.5 Å². The molecular formula is C31H30FN5O4S. The van der Waals surface area contributed by atoms with Gasteiger partial charge in [0.2, 0.25) is 0 Å². The maximum absolute atomic E-state index is 14.6. The number of aliphatic carboxylic acids is 1. The SMILES string of the molecule is Cc1ccc(S(=O)(=O)n2cc(-c3cc4c(ccn4C)c(NC4C5CCC(CC5)C4C(=O)O)n3)c3cc(F)cnc32)cc1. The highest BCUT2D eigenvalue weighted by atomic mass is 32.2. The molecule has 9 nitrogen and oxygen atoms in total. The van der Waals surface area contributed by atoms with Gasteiger partial charge in [0.1, 0.15) is 11.6 Å². The first-order chi connectivity index (χ1) is 20.1. The van der Waals surface area contributed by atoms with Crippen LogP contribution in [0.1, 0.15) is 31.2 Å². The third-order valence-electron chi connectivity index (χ3n) is 9.12. The number of carbonyl (C=O) groups is 1. The molecule has 3 aliphatic carbocycles. The number of nitrogens with one attached hydrogen (secondary N) is 1. The molecule has 3 fully saturated rings. The maximum atomic E-state index is 14.6. The van der Waals surface area contributed by atoms with E-state index in [1.807, 2.05) is 36.9 Å². The van der Waals surface area contributed by atoms with E-state index < -0.39 is 27.7 Å². The van der Waals surface area contributed by atoms with E-state index >= 15 is 0 Å². The van der Waals surface area contributed by atoms with E-state index in [2.05, 4.69) is 10.3 Å². The first-order valence-corrected chi connectivity index (χ1v) is 15.5. The number of halogens is 1. The number of aromatic nitrogens is 4. The van der Waals surface area contributed by atoms with Gasteiger partial charge >= 0.3 is 5.97 Å². The summed E-state index contributed by atoms with van der Waals surface area (Å²) in [5, 5.41) is 14.8. The van der Waals surface area contributed by atoms with Crippen LogP contribution < -0.4 is 5.32 Å². The summed E-state index contributed by atoms with van der Waals surface area (Å²) >= 11 is 0. The second-order valence-corrected chi connectivity index (χ2v) is 13.4. The predicted molar refractivity (Wildman–Crippen MR) is 157 cm³/mol. The van der Waals surface area contributed by atoms with Gasteiger partial charge in [-0.3, -0.25) is 4.79 Å². The Bertz CT molecular complexity index is 1970. The van der Waals surface area contributed by atoms with Crippen molar-refractivity contribution >= 4 is 43.7 Å². The Morgan fingerprint density at radius 2 is 1.76 bits per heavy atom. The average Bonchev–Trinajstić information content (AvgIpc) is 3.54. The minimum absolute atomic E-state index is 0.0861. The van der Waals surface area contributed by atoms with Gasteiger partial charge in [-0.2, -0.15) is 0 Å². The monoisotopic (exact) mass is 587 g/mol. The first kappa shape index (κ1) is 26.6. The predicted octanol–water partition coefficient (Wildman–Crippen LogP) is 5.58. The van der Waals surface area contributed by atoms with Crippen molar-refractivity contribution in [1.29, 1.82) is 0 Å². The van der Waals surface area contributed by atoms with Crippen LogP contribution in [0.25, 0.3) is 33.2 Å². The summed E-state index contributed by atoms with van der Waals surface area (Å²) in [5.41, 5.74) is 2.66. The Morgan fingerprint density at radius 1 is 1.05 bits per heavy atom. The maximum Gasteiger partial charge on any atom is 0.308 e. The summed E-state index contributed by atoms with van der Waals surface area (Å²) in [4.78, 5) is 21.5. The van der Waals surface area contributed by atoms with Gasteiger partial charge in [-0.25, -0.2) is 26.7 Å². The molecule has 3 aliphatic rings. The van der Waals surface area contributed by atoms with Gasteiger partial charge in [0.25, 0.3) is 10.0 Å². The number of hydrogen-bond acceptors (Lipinski definition) is 6. The molecule has 0 radical (unpaired) electrons. The van der Waals surface area contributed by atoms with E-state index in [1.54, 1.807) is 12.1 Å². The number of benzene rings is 1. The van der Waals surface area contributed by atoms with Gasteiger partial charge in [0.15, 0.2) is 5.65 Å². The van der Waals surface area contributed by atoms with E-state index in [0.717, 1.165) is 52.3 Å². The molecule has 0 aliphatic heterocycles. The molecule has 8 rings (SSSR count). The smallest absolute Gasteiger partial charge is 0.308 e. The zero-order valence-corrected chi connectivity index (χ0v) is 24.0. The van der Waals surface area contributed by atoms with Gasteiger partial charge in [-0.1, -0.05) is 17.7 Å². The number of carboxylic acid groups (broad SMARTS) is 1. The van der Waals surface area contributed by atoms with Crippen LogP contribution in [-0.4, -0.2) is 44.0 Å². The number of rotatable bonds is 6. The highest BCUT2D eigenvalue weighted by Crippen LogP contribution is 2.47. The van der Waals surface area contributed by atoms with Crippen molar-refractivity contribution in [3.8, 4) is 11.3 Å². The van der Waals surface area contributed by atoms with Crippen molar-refractivity contribution in [2.45, 2.75) is 43.5 Å². The van der Waals surface area contributed by atoms with Crippen LogP contribution in [0.4, 0.5) is 10.2 Å². The van der Waals surface area contributed by atoms with Crippen LogP contribution in [0.3, 0.4) is 0 Å². The van der Waals surface area contributed by atoms with Crippen molar-refractivity contribution in [3.05, 3.63) is 72.4 Å². The molecule has 2 N–H and O–H groups in total. The topological polar surface area (TPSA) is 119 Å². The summed E-state index contributed by atoms with van der Waals surface area (Å²) < 4.78 is 45.1. The minimum Gasteiger partial charge on any atom is -0.481 e. The van der Waals surface area contributed by atoms with Crippen LogP contribution in [-0.2, 0) is 21.9 Å². The van der Waals surface area contributed by atoms with Crippen LogP contribution in [0, 0.1) is 30.5 Å². The molecule has 11 heteroatoms. The van der Waals surface area contributed by atoms with E-state index in [9.17, 15) is 22.7 Å². The van der Waals surface area contributed by atoms with E-state index in [-0.39, 0.29) is 28.4 Å². The zero-order chi connectivity index (χ0) is 29.3. The summed E-state index contributed by atoms with van der Waals surface area (Å²) in [6.07, 6.45) is 8.12. The molecule has 42 heavy (non-hydrogen) atoms. The van der Waals surface area contributed by atoms with Gasteiger partial charge in [0.05, 0.1) is 28.2 Å². The van der Waals surface area contributed by atoms with Gasteiger partial charge in [0, 0.05) is 41.8 Å². The van der Waals surface area contributed by atoms with E-state index in [0.29, 0.717) is 22.5 Å². The number of nitrogens with zero attached hydrogens (tertiary/aromatic N) is 4. The second-order valence-electron chi connectivity index (χ2n) is 11.6. The van der Waals surface area contributed by atoms with Crippen LogP contribution in [0.2, 0.25) is 0 Å². The lowest BCUT2D eigenvalue weighted by Crippen LogP contribution is -2.51. The molecule has 2 bridgehead atoms. The normalized spacial score (nSPS) is 22.2. The summed E-state index contributed by atoms with van der Waals surface area (Å²) in [6, 6.07) is 11.3. The Morgan fingerprint density at radius 3 is 2.48 bits per heavy atom. The van der Waals surface area contributed by atoms with E-state index in [4.69, 9.17) is 4.98 Å². The number of carboxylic acids is 1. The molecule has 0 saturated heterocycles. The Hall–Kier alpha value is -4.25. The van der Waals surface area contributed by atoms with Crippen LogP contribution in [0.5, 0.6) is 0 Å². The second kappa shape index (κ2) is 9.65. The largest absolute Gasteiger partial charge is 0.481 e. The zero-order valence-electron chi connectivity index (χ0n) is 23.2.